The standard InChI is InChI=1S/C22H18FN3O2/c1-28-19-9-15-18(10-16(19)23)26(13-4-2-3-5-13)22-20(21(15)27)14-7-6-12(11-24)8-17(14)25-22/h6-10,13,25H,2-5H2,1H3. The topological polar surface area (TPSA) is 70.8 Å². The number of rotatable bonds is 2. The smallest absolute Gasteiger partial charge is 0.199 e. The molecule has 1 aliphatic rings. The summed E-state index contributed by atoms with van der Waals surface area (Å²) in [6.07, 6.45) is 4.19. The number of nitrogens with zero attached hydrogens (tertiary/aromatic N) is 2. The lowest BCUT2D eigenvalue weighted by Gasteiger charge is -2.20. The summed E-state index contributed by atoms with van der Waals surface area (Å²) in [6.45, 7) is 0. The first kappa shape index (κ1) is 16.8. The quantitative estimate of drug-likeness (QED) is 0.549. The Morgan fingerprint density at radius 2 is 2.00 bits per heavy atom. The predicted molar refractivity (Wildman–Crippen MR) is 106 cm³/mol. The molecule has 2 aromatic carbocycles. The molecule has 0 amide bonds. The summed E-state index contributed by atoms with van der Waals surface area (Å²) in [6, 6.07) is 10.5. The second-order valence-electron chi connectivity index (χ2n) is 7.36. The third kappa shape index (κ3) is 2.26. The maximum Gasteiger partial charge on any atom is 0.199 e. The van der Waals surface area contributed by atoms with Crippen molar-refractivity contribution in [2.45, 2.75) is 31.7 Å². The minimum atomic E-state index is -0.483. The Morgan fingerprint density at radius 1 is 1.21 bits per heavy atom. The van der Waals surface area contributed by atoms with E-state index in [4.69, 9.17) is 4.74 Å². The summed E-state index contributed by atoms with van der Waals surface area (Å²) < 4.78 is 21.7. The molecule has 1 aliphatic carbocycles. The number of aromatic amines is 1. The Morgan fingerprint density at radius 3 is 2.71 bits per heavy atom. The summed E-state index contributed by atoms with van der Waals surface area (Å²) >= 11 is 0. The van der Waals surface area contributed by atoms with Crippen LogP contribution in [0.3, 0.4) is 0 Å². The first-order valence-corrected chi connectivity index (χ1v) is 9.39. The summed E-state index contributed by atoms with van der Waals surface area (Å²) in [5, 5.41) is 11.0. The molecule has 4 aromatic rings. The predicted octanol–water partition coefficient (Wildman–Crippen LogP) is 4.77. The molecule has 5 nitrogen and oxygen atoms in total. The van der Waals surface area contributed by atoms with Crippen LogP contribution in [0.2, 0.25) is 0 Å². The molecule has 0 saturated heterocycles. The minimum absolute atomic E-state index is 0.0635. The van der Waals surface area contributed by atoms with Crippen molar-refractivity contribution in [2.75, 3.05) is 7.11 Å². The zero-order valence-electron chi connectivity index (χ0n) is 15.4. The van der Waals surface area contributed by atoms with Gasteiger partial charge in [-0.05, 0) is 31.0 Å². The molecule has 2 aromatic heterocycles. The van der Waals surface area contributed by atoms with Gasteiger partial charge >= 0.3 is 0 Å². The van der Waals surface area contributed by atoms with Gasteiger partial charge in [0.15, 0.2) is 17.0 Å². The van der Waals surface area contributed by atoms with Gasteiger partial charge in [0.05, 0.1) is 35.0 Å². The monoisotopic (exact) mass is 375 g/mol. The molecule has 0 spiro atoms. The molecule has 5 rings (SSSR count). The SMILES string of the molecule is COc1cc2c(=O)c3c4ccc(C#N)cc4[nH]c3n(C3CCCC3)c2cc1F. The number of hydrogen-bond acceptors (Lipinski definition) is 3. The molecule has 1 N–H and O–H groups in total. The zero-order chi connectivity index (χ0) is 19.4. The summed E-state index contributed by atoms with van der Waals surface area (Å²) in [4.78, 5) is 16.7. The molecule has 1 saturated carbocycles. The van der Waals surface area contributed by atoms with Crippen molar-refractivity contribution >= 4 is 32.8 Å². The van der Waals surface area contributed by atoms with Crippen LogP contribution in [0.1, 0.15) is 37.3 Å². The average molecular weight is 375 g/mol. The second kappa shape index (κ2) is 6.10. The number of aromatic nitrogens is 2. The van der Waals surface area contributed by atoms with E-state index in [1.807, 2.05) is 0 Å². The van der Waals surface area contributed by atoms with Gasteiger partial charge in [-0.3, -0.25) is 4.79 Å². The normalized spacial score (nSPS) is 14.9. The Kier molecular flexibility index (Phi) is 3.66. The minimum Gasteiger partial charge on any atom is -0.494 e. The van der Waals surface area contributed by atoms with Crippen LogP contribution >= 0.6 is 0 Å². The average Bonchev–Trinajstić information content (AvgIpc) is 3.35. The number of halogens is 1. The van der Waals surface area contributed by atoms with Crippen molar-refractivity contribution in [3.05, 3.63) is 51.9 Å². The van der Waals surface area contributed by atoms with E-state index in [0.29, 0.717) is 27.5 Å². The van der Waals surface area contributed by atoms with Crippen molar-refractivity contribution in [2.24, 2.45) is 0 Å². The highest BCUT2D eigenvalue weighted by Crippen LogP contribution is 2.37. The molecule has 6 heteroatoms. The number of fused-ring (bicyclic) bond motifs is 4. The zero-order valence-corrected chi connectivity index (χ0v) is 15.4. The van der Waals surface area contributed by atoms with Gasteiger partial charge in [0, 0.05) is 23.0 Å². The number of nitriles is 1. The van der Waals surface area contributed by atoms with Crippen molar-refractivity contribution in [1.29, 1.82) is 5.26 Å². The van der Waals surface area contributed by atoms with Gasteiger partial charge in [-0.1, -0.05) is 18.9 Å². The molecule has 0 unspecified atom stereocenters. The molecule has 0 radical (unpaired) electrons. The van der Waals surface area contributed by atoms with E-state index in [1.54, 1.807) is 18.2 Å². The Bertz CT molecular complexity index is 1350. The van der Waals surface area contributed by atoms with Crippen LogP contribution in [0.15, 0.2) is 35.1 Å². The van der Waals surface area contributed by atoms with Crippen LogP contribution in [0.5, 0.6) is 5.75 Å². The highest BCUT2D eigenvalue weighted by molar-refractivity contribution is 6.10. The summed E-state index contributed by atoms with van der Waals surface area (Å²) in [5.41, 5.74) is 2.37. The van der Waals surface area contributed by atoms with E-state index in [2.05, 4.69) is 15.6 Å². The van der Waals surface area contributed by atoms with E-state index in [0.717, 1.165) is 36.6 Å². The van der Waals surface area contributed by atoms with Crippen LogP contribution in [-0.4, -0.2) is 16.7 Å². The third-order valence-corrected chi connectivity index (χ3v) is 5.84. The third-order valence-electron chi connectivity index (χ3n) is 5.84. The van der Waals surface area contributed by atoms with Crippen molar-refractivity contribution < 1.29 is 9.13 Å². The summed E-state index contributed by atoms with van der Waals surface area (Å²) in [7, 11) is 1.40. The lowest BCUT2D eigenvalue weighted by Crippen LogP contribution is -2.15. The first-order valence-electron chi connectivity index (χ1n) is 9.39. The molecular weight excluding hydrogens is 357 g/mol. The van der Waals surface area contributed by atoms with Gasteiger partial charge in [0.1, 0.15) is 5.65 Å². The molecule has 0 aliphatic heterocycles. The number of H-pyrrole nitrogens is 1. The van der Waals surface area contributed by atoms with Crippen LogP contribution in [0.4, 0.5) is 4.39 Å². The number of methoxy groups -OCH3 is 1. The number of pyridine rings is 1. The fourth-order valence-corrected chi connectivity index (χ4v) is 4.54. The van der Waals surface area contributed by atoms with Gasteiger partial charge in [0.2, 0.25) is 0 Å². The van der Waals surface area contributed by atoms with Gasteiger partial charge in [-0.15, -0.1) is 0 Å². The molecular formula is C22H18FN3O2. The molecule has 0 bridgehead atoms. The first-order chi connectivity index (χ1) is 13.6. The molecule has 0 atom stereocenters. The van der Waals surface area contributed by atoms with Gasteiger partial charge < -0.3 is 14.3 Å². The highest BCUT2D eigenvalue weighted by Gasteiger charge is 2.25. The van der Waals surface area contributed by atoms with E-state index in [1.165, 1.54) is 19.2 Å². The highest BCUT2D eigenvalue weighted by atomic mass is 19.1. The van der Waals surface area contributed by atoms with E-state index >= 15 is 0 Å². The molecule has 1 fully saturated rings. The van der Waals surface area contributed by atoms with Crippen LogP contribution in [-0.2, 0) is 0 Å². The Labute approximate surface area is 159 Å². The number of benzene rings is 2. The van der Waals surface area contributed by atoms with Gasteiger partial charge in [-0.25, -0.2) is 4.39 Å². The number of nitrogens with one attached hydrogen (secondary N) is 1. The van der Waals surface area contributed by atoms with Crippen LogP contribution in [0.25, 0.3) is 32.8 Å². The molecule has 140 valence electrons. The van der Waals surface area contributed by atoms with Gasteiger partial charge in [-0.2, -0.15) is 5.26 Å². The van der Waals surface area contributed by atoms with Crippen molar-refractivity contribution in [3.8, 4) is 11.8 Å². The lowest BCUT2D eigenvalue weighted by atomic mass is 10.1. The van der Waals surface area contributed by atoms with Gasteiger partial charge in [0.25, 0.3) is 0 Å². The number of hydrogen-bond donors (Lipinski definition) is 1. The number of ether oxygens (including phenoxy) is 1. The van der Waals surface area contributed by atoms with E-state index in [-0.39, 0.29) is 17.2 Å². The lowest BCUT2D eigenvalue weighted by molar-refractivity contribution is 0.387. The Balaban J connectivity index is 2.01. The molecule has 2 heterocycles. The summed E-state index contributed by atoms with van der Waals surface area (Å²) in [5.74, 6) is -0.420. The van der Waals surface area contributed by atoms with Crippen LogP contribution in [0, 0.1) is 17.1 Å². The largest absolute Gasteiger partial charge is 0.494 e. The van der Waals surface area contributed by atoms with Crippen LogP contribution < -0.4 is 10.2 Å². The maximum atomic E-state index is 14.5. The van der Waals surface area contributed by atoms with Crippen molar-refractivity contribution in [1.82, 2.24) is 9.55 Å². The fraction of sp³-hybridized carbons (Fsp3) is 0.273. The molecule has 28 heavy (non-hydrogen) atoms. The fourth-order valence-electron chi connectivity index (χ4n) is 4.54. The second-order valence-corrected chi connectivity index (χ2v) is 7.36. The van der Waals surface area contributed by atoms with E-state index < -0.39 is 5.82 Å². The Hall–Kier alpha value is -3.33. The maximum absolute atomic E-state index is 14.5. The van der Waals surface area contributed by atoms with Crippen molar-refractivity contribution in [3.63, 3.8) is 0 Å². The van der Waals surface area contributed by atoms with E-state index in [9.17, 15) is 14.4 Å².